The van der Waals surface area contributed by atoms with Crippen LogP contribution in [0.1, 0.15) is 24.2 Å². The van der Waals surface area contributed by atoms with Gasteiger partial charge in [-0.1, -0.05) is 18.2 Å². The van der Waals surface area contributed by atoms with Crippen LogP contribution in [0.5, 0.6) is 5.75 Å². The molecule has 0 unspecified atom stereocenters. The molecule has 0 saturated heterocycles. The summed E-state index contributed by atoms with van der Waals surface area (Å²) in [6.07, 6.45) is 2.11. The number of amides is 1. The van der Waals surface area contributed by atoms with E-state index in [0.29, 0.717) is 6.42 Å². The van der Waals surface area contributed by atoms with E-state index in [0.717, 1.165) is 11.3 Å². The van der Waals surface area contributed by atoms with Gasteiger partial charge in [0.25, 0.3) is 0 Å². The zero-order valence-corrected chi connectivity index (χ0v) is 11.9. The van der Waals surface area contributed by atoms with E-state index in [4.69, 9.17) is 5.73 Å². The van der Waals surface area contributed by atoms with Crippen LogP contribution in [0, 0.1) is 0 Å². The monoisotopic (exact) mass is 285 g/mol. The minimum absolute atomic E-state index is 0.190. The number of nitrogens with two attached hydrogens (primary N) is 1. The van der Waals surface area contributed by atoms with Gasteiger partial charge >= 0.3 is 0 Å². The minimum atomic E-state index is -0.638. The van der Waals surface area contributed by atoms with Crippen molar-refractivity contribution in [2.24, 2.45) is 5.73 Å². The van der Waals surface area contributed by atoms with Gasteiger partial charge in [-0.3, -0.25) is 9.78 Å². The number of phenols is 1. The van der Waals surface area contributed by atoms with E-state index >= 15 is 0 Å². The normalized spacial score (nSPS) is 13.4. The second-order valence-electron chi connectivity index (χ2n) is 4.96. The summed E-state index contributed by atoms with van der Waals surface area (Å²) in [6.45, 7) is 1.87. The van der Waals surface area contributed by atoms with Crippen molar-refractivity contribution in [1.29, 1.82) is 0 Å². The van der Waals surface area contributed by atoms with Gasteiger partial charge in [-0.25, -0.2) is 0 Å². The predicted octanol–water partition coefficient (Wildman–Crippen LogP) is 1.53. The van der Waals surface area contributed by atoms with E-state index in [1.165, 1.54) is 0 Å². The Bertz CT molecular complexity index is 584. The third-order valence-corrected chi connectivity index (χ3v) is 3.22. The van der Waals surface area contributed by atoms with Crippen LogP contribution in [0.15, 0.2) is 48.7 Å². The van der Waals surface area contributed by atoms with Gasteiger partial charge in [0, 0.05) is 6.20 Å². The number of aromatic hydroxyl groups is 1. The standard InChI is InChI=1S/C16H19N3O2/c1-11(15-4-2-3-9-18-15)19-16(21)14(17)10-12-5-7-13(20)8-6-12/h2-9,11,14,20H,10,17H2,1H3,(H,19,21)/t11-,14-/m0/s1. The number of hydrogen-bond acceptors (Lipinski definition) is 4. The molecule has 1 heterocycles. The number of hydrogen-bond donors (Lipinski definition) is 3. The Morgan fingerprint density at radius 2 is 2.00 bits per heavy atom. The maximum absolute atomic E-state index is 12.1. The Morgan fingerprint density at radius 3 is 2.62 bits per heavy atom. The molecule has 2 rings (SSSR count). The van der Waals surface area contributed by atoms with E-state index < -0.39 is 6.04 Å². The fourth-order valence-corrected chi connectivity index (χ4v) is 2.01. The third kappa shape index (κ3) is 4.29. The summed E-state index contributed by atoms with van der Waals surface area (Å²) in [4.78, 5) is 16.3. The summed E-state index contributed by atoms with van der Waals surface area (Å²) in [5.41, 5.74) is 7.62. The lowest BCUT2D eigenvalue weighted by Gasteiger charge is -2.17. The van der Waals surface area contributed by atoms with Gasteiger partial charge < -0.3 is 16.2 Å². The van der Waals surface area contributed by atoms with Crippen molar-refractivity contribution < 1.29 is 9.90 Å². The van der Waals surface area contributed by atoms with E-state index in [1.54, 1.807) is 30.5 Å². The maximum atomic E-state index is 12.1. The Labute approximate surface area is 123 Å². The second-order valence-corrected chi connectivity index (χ2v) is 4.96. The molecule has 0 fully saturated rings. The minimum Gasteiger partial charge on any atom is -0.508 e. The number of carbonyl (C=O) groups is 1. The lowest BCUT2D eigenvalue weighted by atomic mass is 10.1. The average Bonchev–Trinajstić information content (AvgIpc) is 2.50. The van der Waals surface area contributed by atoms with Crippen LogP contribution in [0.4, 0.5) is 0 Å². The van der Waals surface area contributed by atoms with Crippen LogP contribution in [0.2, 0.25) is 0 Å². The van der Waals surface area contributed by atoms with Crippen molar-refractivity contribution in [3.63, 3.8) is 0 Å². The second kappa shape index (κ2) is 6.85. The van der Waals surface area contributed by atoms with Crippen molar-refractivity contribution in [2.45, 2.75) is 25.4 Å². The SMILES string of the molecule is C[C@H](NC(=O)[C@@H](N)Cc1ccc(O)cc1)c1ccccn1. The van der Waals surface area contributed by atoms with Gasteiger partial charge in [0.05, 0.1) is 17.8 Å². The van der Waals surface area contributed by atoms with E-state index in [9.17, 15) is 9.90 Å². The van der Waals surface area contributed by atoms with Crippen molar-refractivity contribution in [3.8, 4) is 5.75 Å². The first-order valence-corrected chi connectivity index (χ1v) is 6.81. The molecule has 1 aromatic heterocycles. The van der Waals surface area contributed by atoms with E-state index in [1.807, 2.05) is 25.1 Å². The summed E-state index contributed by atoms with van der Waals surface area (Å²) < 4.78 is 0. The first-order valence-electron chi connectivity index (χ1n) is 6.81. The summed E-state index contributed by atoms with van der Waals surface area (Å²) in [5.74, 6) is -0.0261. The van der Waals surface area contributed by atoms with Crippen LogP contribution < -0.4 is 11.1 Å². The van der Waals surface area contributed by atoms with Crippen LogP contribution in [-0.2, 0) is 11.2 Å². The number of nitrogens with one attached hydrogen (secondary N) is 1. The van der Waals surface area contributed by atoms with Gasteiger partial charge in [0.1, 0.15) is 5.75 Å². The molecular weight excluding hydrogens is 266 g/mol. The number of phenolic OH excluding ortho intramolecular Hbond substituents is 1. The molecule has 2 aromatic rings. The topological polar surface area (TPSA) is 88.2 Å². The lowest BCUT2D eigenvalue weighted by Crippen LogP contribution is -2.43. The molecule has 1 amide bonds. The maximum Gasteiger partial charge on any atom is 0.237 e. The molecule has 0 radical (unpaired) electrons. The van der Waals surface area contributed by atoms with Gasteiger partial charge in [0.2, 0.25) is 5.91 Å². The van der Waals surface area contributed by atoms with Crippen LogP contribution in [-0.4, -0.2) is 22.0 Å². The highest BCUT2D eigenvalue weighted by Crippen LogP contribution is 2.12. The summed E-state index contributed by atoms with van der Waals surface area (Å²) in [5, 5.41) is 12.1. The molecule has 0 bridgehead atoms. The quantitative estimate of drug-likeness (QED) is 0.777. The average molecular weight is 285 g/mol. The molecule has 0 aliphatic carbocycles. The highest BCUT2D eigenvalue weighted by atomic mass is 16.3. The molecule has 0 spiro atoms. The molecule has 5 nitrogen and oxygen atoms in total. The van der Waals surface area contributed by atoms with Crippen LogP contribution in [0.3, 0.4) is 0 Å². The van der Waals surface area contributed by atoms with Crippen LogP contribution in [0.25, 0.3) is 0 Å². The van der Waals surface area contributed by atoms with Gasteiger partial charge in [-0.2, -0.15) is 0 Å². The number of carbonyl (C=O) groups excluding carboxylic acids is 1. The molecule has 110 valence electrons. The molecular formula is C16H19N3O2. The van der Waals surface area contributed by atoms with E-state index in [2.05, 4.69) is 10.3 Å². The van der Waals surface area contributed by atoms with Crippen molar-refractivity contribution in [3.05, 3.63) is 59.9 Å². The Balaban J connectivity index is 1.92. The molecule has 0 aliphatic heterocycles. The Morgan fingerprint density at radius 1 is 1.29 bits per heavy atom. The summed E-state index contributed by atoms with van der Waals surface area (Å²) in [6, 6.07) is 11.4. The first kappa shape index (κ1) is 15.0. The number of nitrogens with zero attached hydrogens (tertiary/aromatic N) is 1. The first-order chi connectivity index (χ1) is 10.1. The highest BCUT2D eigenvalue weighted by molar-refractivity contribution is 5.82. The molecule has 2 atom stereocenters. The van der Waals surface area contributed by atoms with Crippen molar-refractivity contribution in [2.75, 3.05) is 0 Å². The largest absolute Gasteiger partial charge is 0.508 e. The zero-order chi connectivity index (χ0) is 15.2. The fourth-order valence-electron chi connectivity index (χ4n) is 2.01. The Kier molecular flexibility index (Phi) is 4.90. The van der Waals surface area contributed by atoms with Crippen molar-refractivity contribution in [1.82, 2.24) is 10.3 Å². The Hall–Kier alpha value is -2.40. The van der Waals surface area contributed by atoms with Crippen molar-refractivity contribution >= 4 is 5.91 Å². The van der Waals surface area contributed by atoms with Gasteiger partial charge in [0.15, 0.2) is 0 Å². The molecule has 1 aromatic carbocycles. The molecule has 0 saturated carbocycles. The third-order valence-electron chi connectivity index (χ3n) is 3.22. The molecule has 5 heteroatoms. The number of pyridine rings is 1. The fraction of sp³-hybridized carbons (Fsp3) is 0.250. The van der Waals surface area contributed by atoms with Crippen LogP contribution >= 0.6 is 0 Å². The molecule has 21 heavy (non-hydrogen) atoms. The molecule has 0 aliphatic rings. The highest BCUT2D eigenvalue weighted by Gasteiger charge is 2.17. The molecule has 4 N–H and O–H groups in total. The zero-order valence-electron chi connectivity index (χ0n) is 11.9. The predicted molar refractivity (Wildman–Crippen MR) is 80.6 cm³/mol. The smallest absolute Gasteiger partial charge is 0.237 e. The summed E-state index contributed by atoms with van der Waals surface area (Å²) >= 11 is 0. The van der Waals surface area contributed by atoms with E-state index in [-0.39, 0.29) is 17.7 Å². The number of aromatic nitrogens is 1. The van der Waals surface area contributed by atoms with Gasteiger partial charge in [-0.05, 0) is 43.2 Å². The summed E-state index contributed by atoms with van der Waals surface area (Å²) in [7, 11) is 0. The number of benzene rings is 1. The van der Waals surface area contributed by atoms with Gasteiger partial charge in [-0.15, -0.1) is 0 Å². The number of rotatable bonds is 5. The lowest BCUT2D eigenvalue weighted by molar-refractivity contribution is -0.123.